The second-order valence-electron chi connectivity index (χ2n) is 5.92. The van der Waals surface area contributed by atoms with Crippen LogP contribution in [-0.2, 0) is 12.1 Å². The molecule has 0 saturated heterocycles. The Kier molecular flexibility index (Phi) is 5.18. The van der Waals surface area contributed by atoms with Crippen LogP contribution in [0.25, 0.3) is 0 Å². The molecule has 1 aliphatic rings. The number of para-hydroxylation sites is 1. The van der Waals surface area contributed by atoms with Crippen molar-refractivity contribution in [2.75, 3.05) is 13.4 Å². The van der Waals surface area contributed by atoms with Gasteiger partial charge >= 0.3 is 0 Å². The van der Waals surface area contributed by atoms with E-state index in [4.69, 9.17) is 4.74 Å². The molecule has 0 aliphatic heterocycles. The van der Waals surface area contributed by atoms with Crippen molar-refractivity contribution in [3.8, 4) is 5.75 Å². The first kappa shape index (κ1) is 16.3. The standard InChI is InChI=1S/C18H23N3OS/c1-22-16-8-4-3-7-15(16)18(9-5-6-10-18)21-13-14-11-19-17(23-2)20-12-14/h3-4,7-8,11-12,21H,5-6,9-10,13H2,1-2H3. The zero-order chi connectivity index (χ0) is 16.1. The molecule has 2 aromatic rings. The SMILES string of the molecule is COc1ccccc1C1(NCc2cnc(SC)nc2)CCCC1. The zero-order valence-electron chi connectivity index (χ0n) is 13.7. The van der Waals surface area contributed by atoms with Gasteiger partial charge in [-0.3, -0.25) is 0 Å². The molecule has 1 heterocycles. The van der Waals surface area contributed by atoms with Gasteiger partial charge in [0.05, 0.1) is 7.11 Å². The van der Waals surface area contributed by atoms with Crippen molar-refractivity contribution in [1.82, 2.24) is 15.3 Å². The van der Waals surface area contributed by atoms with Crippen LogP contribution in [0.1, 0.15) is 36.8 Å². The lowest BCUT2D eigenvalue weighted by Crippen LogP contribution is -2.39. The quantitative estimate of drug-likeness (QED) is 0.646. The van der Waals surface area contributed by atoms with Crippen LogP contribution in [0, 0.1) is 0 Å². The Balaban J connectivity index is 1.80. The van der Waals surface area contributed by atoms with Crippen LogP contribution in [0.5, 0.6) is 5.75 Å². The molecule has 1 aliphatic carbocycles. The maximum Gasteiger partial charge on any atom is 0.187 e. The highest BCUT2D eigenvalue weighted by Gasteiger charge is 2.37. The summed E-state index contributed by atoms with van der Waals surface area (Å²) in [6.07, 6.45) is 10.6. The molecule has 0 bridgehead atoms. The summed E-state index contributed by atoms with van der Waals surface area (Å²) in [4.78, 5) is 8.72. The van der Waals surface area contributed by atoms with E-state index in [0.29, 0.717) is 0 Å². The third-order valence-corrected chi connectivity index (χ3v) is 5.15. The van der Waals surface area contributed by atoms with Crippen LogP contribution in [0.2, 0.25) is 0 Å². The summed E-state index contributed by atoms with van der Waals surface area (Å²) in [6.45, 7) is 0.771. The molecule has 4 nitrogen and oxygen atoms in total. The van der Waals surface area contributed by atoms with Gasteiger partial charge in [0.1, 0.15) is 5.75 Å². The molecule has 5 heteroatoms. The van der Waals surface area contributed by atoms with Gasteiger partial charge in [-0.2, -0.15) is 0 Å². The summed E-state index contributed by atoms with van der Waals surface area (Å²) in [5.74, 6) is 0.968. The van der Waals surface area contributed by atoms with Gasteiger partial charge in [-0.05, 0) is 25.2 Å². The van der Waals surface area contributed by atoms with Crippen molar-refractivity contribution in [2.24, 2.45) is 0 Å². The minimum Gasteiger partial charge on any atom is -0.496 e. The van der Waals surface area contributed by atoms with Crippen LogP contribution in [0.15, 0.2) is 41.8 Å². The molecular formula is C18H23N3OS. The highest BCUT2D eigenvalue weighted by atomic mass is 32.2. The van der Waals surface area contributed by atoms with Crippen molar-refractivity contribution in [3.63, 3.8) is 0 Å². The fourth-order valence-electron chi connectivity index (χ4n) is 3.37. The number of thioether (sulfide) groups is 1. The second-order valence-corrected chi connectivity index (χ2v) is 6.69. The number of hydrogen-bond donors (Lipinski definition) is 1. The molecule has 3 rings (SSSR count). The number of benzene rings is 1. The summed E-state index contributed by atoms with van der Waals surface area (Å²) in [6, 6.07) is 8.36. The highest BCUT2D eigenvalue weighted by Crippen LogP contribution is 2.42. The maximum absolute atomic E-state index is 5.60. The number of nitrogens with one attached hydrogen (secondary N) is 1. The smallest absolute Gasteiger partial charge is 0.187 e. The zero-order valence-corrected chi connectivity index (χ0v) is 14.5. The van der Waals surface area contributed by atoms with Crippen molar-refractivity contribution in [3.05, 3.63) is 47.8 Å². The van der Waals surface area contributed by atoms with E-state index in [1.54, 1.807) is 18.9 Å². The summed E-state index contributed by atoms with van der Waals surface area (Å²) in [5, 5.41) is 4.59. The normalized spacial score (nSPS) is 16.4. The second kappa shape index (κ2) is 7.32. The average Bonchev–Trinajstić information content (AvgIpc) is 3.10. The van der Waals surface area contributed by atoms with E-state index in [1.807, 2.05) is 30.8 Å². The molecule has 122 valence electrons. The Hall–Kier alpha value is -1.59. The molecule has 1 saturated carbocycles. The van der Waals surface area contributed by atoms with Crippen LogP contribution >= 0.6 is 11.8 Å². The lowest BCUT2D eigenvalue weighted by atomic mass is 9.87. The topological polar surface area (TPSA) is 47.0 Å². The summed E-state index contributed by atoms with van der Waals surface area (Å²) < 4.78 is 5.60. The Labute approximate surface area is 142 Å². The average molecular weight is 329 g/mol. The third-order valence-electron chi connectivity index (χ3n) is 4.57. The molecule has 1 N–H and O–H groups in total. The van der Waals surface area contributed by atoms with Crippen LogP contribution in [0.4, 0.5) is 0 Å². The Morgan fingerprint density at radius 1 is 1.17 bits per heavy atom. The summed E-state index contributed by atoms with van der Waals surface area (Å²) in [7, 11) is 1.75. The Bertz CT molecular complexity index is 639. The number of methoxy groups -OCH3 is 1. The van der Waals surface area contributed by atoms with E-state index < -0.39 is 0 Å². The van der Waals surface area contributed by atoms with Crippen LogP contribution in [0.3, 0.4) is 0 Å². The number of rotatable bonds is 6. The number of aromatic nitrogens is 2. The number of ether oxygens (including phenoxy) is 1. The van der Waals surface area contributed by atoms with Gasteiger partial charge in [0.15, 0.2) is 5.16 Å². The lowest BCUT2D eigenvalue weighted by Gasteiger charge is -2.32. The van der Waals surface area contributed by atoms with Crippen molar-refractivity contribution in [2.45, 2.75) is 42.9 Å². The van der Waals surface area contributed by atoms with Gasteiger partial charge in [0.25, 0.3) is 0 Å². The fourth-order valence-corrected chi connectivity index (χ4v) is 3.69. The minimum absolute atomic E-state index is 0.00915. The van der Waals surface area contributed by atoms with Crippen molar-refractivity contribution >= 4 is 11.8 Å². The van der Waals surface area contributed by atoms with Gasteiger partial charge in [-0.1, -0.05) is 42.8 Å². The summed E-state index contributed by atoms with van der Waals surface area (Å²) >= 11 is 1.56. The van der Waals surface area contributed by atoms with E-state index in [-0.39, 0.29) is 5.54 Å². The molecule has 0 unspecified atom stereocenters. The molecule has 0 atom stereocenters. The van der Waals surface area contributed by atoms with E-state index >= 15 is 0 Å². The Morgan fingerprint density at radius 2 is 1.87 bits per heavy atom. The third kappa shape index (κ3) is 3.51. The molecule has 1 aromatic carbocycles. The monoisotopic (exact) mass is 329 g/mol. The molecular weight excluding hydrogens is 306 g/mol. The molecule has 0 radical (unpaired) electrons. The highest BCUT2D eigenvalue weighted by molar-refractivity contribution is 7.98. The van der Waals surface area contributed by atoms with Crippen molar-refractivity contribution < 1.29 is 4.74 Å². The predicted octanol–water partition coefficient (Wildman–Crippen LogP) is 3.77. The van der Waals surface area contributed by atoms with Gasteiger partial charge < -0.3 is 10.1 Å². The fraction of sp³-hybridized carbons (Fsp3) is 0.444. The predicted molar refractivity (Wildman–Crippen MR) is 93.8 cm³/mol. The van der Waals surface area contributed by atoms with Gasteiger partial charge in [0, 0.05) is 35.6 Å². The van der Waals surface area contributed by atoms with Gasteiger partial charge in [0.2, 0.25) is 0 Å². The first-order valence-electron chi connectivity index (χ1n) is 8.01. The maximum atomic E-state index is 5.60. The van der Waals surface area contributed by atoms with E-state index in [0.717, 1.165) is 35.9 Å². The first-order valence-corrected chi connectivity index (χ1v) is 9.23. The molecule has 1 fully saturated rings. The molecule has 0 amide bonds. The molecule has 23 heavy (non-hydrogen) atoms. The van der Waals surface area contributed by atoms with Crippen molar-refractivity contribution in [1.29, 1.82) is 0 Å². The van der Waals surface area contributed by atoms with E-state index in [2.05, 4.69) is 27.4 Å². The molecule has 0 spiro atoms. The Morgan fingerprint density at radius 3 is 2.52 bits per heavy atom. The largest absolute Gasteiger partial charge is 0.496 e. The van der Waals surface area contributed by atoms with E-state index in [1.165, 1.54) is 18.4 Å². The molecule has 1 aromatic heterocycles. The number of hydrogen-bond acceptors (Lipinski definition) is 5. The number of nitrogens with zero attached hydrogens (tertiary/aromatic N) is 2. The minimum atomic E-state index is -0.00915. The van der Waals surface area contributed by atoms with Crippen LogP contribution < -0.4 is 10.1 Å². The van der Waals surface area contributed by atoms with Gasteiger partial charge in [-0.15, -0.1) is 0 Å². The summed E-state index contributed by atoms with van der Waals surface area (Å²) in [5.41, 5.74) is 2.37. The van der Waals surface area contributed by atoms with Crippen LogP contribution in [-0.4, -0.2) is 23.3 Å². The first-order chi connectivity index (χ1) is 11.3. The lowest BCUT2D eigenvalue weighted by molar-refractivity contribution is 0.316. The van der Waals surface area contributed by atoms with E-state index in [9.17, 15) is 0 Å². The van der Waals surface area contributed by atoms with Gasteiger partial charge in [-0.25, -0.2) is 9.97 Å².